The number of nitrogens with zero attached hydrogens (tertiary/aromatic N) is 1. The monoisotopic (exact) mass is 312 g/mol. The number of aromatic amines is 1. The molecule has 110 valence electrons. The van der Waals surface area contributed by atoms with Crippen molar-refractivity contribution in [3.63, 3.8) is 0 Å². The van der Waals surface area contributed by atoms with Gasteiger partial charge in [-0.15, -0.1) is 0 Å². The van der Waals surface area contributed by atoms with E-state index in [1.54, 1.807) is 43.3 Å². The summed E-state index contributed by atoms with van der Waals surface area (Å²) in [7, 11) is 0. The van der Waals surface area contributed by atoms with Gasteiger partial charge in [0.1, 0.15) is 5.56 Å². The van der Waals surface area contributed by atoms with Gasteiger partial charge in [0, 0.05) is 16.3 Å². The van der Waals surface area contributed by atoms with Crippen molar-refractivity contribution in [1.82, 2.24) is 9.78 Å². The van der Waals surface area contributed by atoms with Gasteiger partial charge in [-0.1, -0.05) is 29.8 Å². The molecule has 1 aromatic heterocycles. The number of benzene rings is 2. The molecule has 0 saturated heterocycles. The second-order valence-corrected chi connectivity index (χ2v) is 5.36. The largest absolute Gasteiger partial charge is 0.295 e. The third-order valence-electron chi connectivity index (χ3n) is 3.42. The van der Waals surface area contributed by atoms with Crippen LogP contribution in [0.2, 0.25) is 5.02 Å². The molecule has 3 aromatic rings. The zero-order valence-electron chi connectivity index (χ0n) is 11.8. The van der Waals surface area contributed by atoms with Crippen LogP contribution in [0.3, 0.4) is 0 Å². The van der Waals surface area contributed by atoms with E-state index in [2.05, 4.69) is 5.10 Å². The van der Waals surface area contributed by atoms with Gasteiger partial charge >= 0.3 is 0 Å². The smallest absolute Gasteiger partial charge is 0.282 e. The summed E-state index contributed by atoms with van der Waals surface area (Å²) in [5, 5.41) is 3.49. The Hall–Kier alpha value is -2.59. The fourth-order valence-electron chi connectivity index (χ4n) is 2.32. The maximum Gasteiger partial charge on any atom is 0.282 e. The number of para-hydroxylation sites is 1. The van der Waals surface area contributed by atoms with Gasteiger partial charge in [-0.25, -0.2) is 4.68 Å². The van der Waals surface area contributed by atoms with Crippen molar-refractivity contribution in [3.8, 4) is 5.69 Å². The number of hydrogen-bond donors (Lipinski definition) is 1. The standard InChI is InChI=1S/C17H13ClN2O2/c1-11-15(16(21)12-7-9-13(18)10-8-12)17(22)20(19-11)14-5-3-2-4-6-14/h2-10,19H,1H3. The van der Waals surface area contributed by atoms with E-state index < -0.39 is 0 Å². The Bertz CT molecular complexity index is 877. The first-order chi connectivity index (χ1) is 10.6. The van der Waals surface area contributed by atoms with Crippen LogP contribution in [0.4, 0.5) is 0 Å². The maximum absolute atomic E-state index is 12.6. The van der Waals surface area contributed by atoms with E-state index in [0.717, 1.165) is 0 Å². The highest BCUT2D eigenvalue weighted by atomic mass is 35.5. The molecular formula is C17H13ClN2O2. The summed E-state index contributed by atoms with van der Waals surface area (Å²) in [5.74, 6) is -0.315. The summed E-state index contributed by atoms with van der Waals surface area (Å²) < 4.78 is 1.37. The summed E-state index contributed by atoms with van der Waals surface area (Å²) in [6.07, 6.45) is 0. The Balaban J connectivity index is 2.09. The quantitative estimate of drug-likeness (QED) is 0.754. The van der Waals surface area contributed by atoms with Crippen molar-refractivity contribution in [1.29, 1.82) is 0 Å². The zero-order valence-corrected chi connectivity index (χ0v) is 12.6. The van der Waals surface area contributed by atoms with Gasteiger partial charge in [0.15, 0.2) is 5.78 Å². The summed E-state index contributed by atoms with van der Waals surface area (Å²) in [4.78, 5) is 25.1. The van der Waals surface area contributed by atoms with Gasteiger partial charge in [-0.2, -0.15) is 0 Å². The summed E-state index contributed by atoms with van der Waals surface area (Å²) in [5.41, 5.74) is 1.44. The third kappa shape index (κ3) is 2.49. The number of carbonyl (C=O) groups is 1. The van der Waals surface area contributed by atoms with E-state index in [4.69, 9.17) is 11.6 Å². The van der Waals surface area contributed by atoms with Crippen LogP contribution in [-0.4, -0.2) is 15.6 Å². The number of rotatable bonds is 3. The molecule has 3 rings (SSSR count). The fourth-order valence-corrected chi connectivity index (χ4v) is 2.44. The SMILES string of the molecule is Cc1[nH]n(-c2ccccc2)c(=O)c1C(=O)c1ccc(Cl)cc1. The molecule has 0 aliphatic carbocycles. The van der Waals surface area contributed by atoms with Gasteiger partial charge in [-0.3, -0.25) is 14.7 Å². The highest BCUT2D eigenvalue weighted by Crippen LogP contribution is 2.14. The molecule has 0 aliphatic rings. The van der Waals surface area contributed by atoms with Crippen LogP contribution < -0.4 is 5.56 Å². The predicted octanol–water partition coefficient (Wildman–Crippen LogP) is 3.36. The van der Waals surface area contributed by atoms with Gasteiger partial charge in [0.05, 0.1) is 5.69 Å². The van der Waals surface area contributed by atoms with E-state index in [0.29, 0.717) is 22.0 Å². The van der Waals surface area contributed by atoms with Crippen molar-refractivity contribution >= 4 is 17.4 Å². The van der Waals surface area contributed by atoms with Crippen molar-refractivity contribution in [2.45, 2.75) is 6.92 Å². The van der Waals surface area contributed by atoms with Crippen LogP contribution in [-0.2, 0) is 0 Å². The fraction of sp³-hybridized carbons (Fsp3) is 0.0588. The van der Waals surface area contributed by atoms with Crippen molar-refractivity contribution in [3.05, 3.63) is 86.8 Å². The van der Waals surface area contributed by atoms with Gasteiger partial charge in [0.25, 0.3) is 5.56 Å². The molecule has 1 N–H and O–H groups in total. The van der Waals surface area contributed by atoms with Crippen LogP contribution in [0.5, 0.6) is 0 Å². The number of aromatic nitrogens is 2. The number of aryl methyl sites for hydroxylation is 1. The van der Waals surface area contributed by atoms with Gasteiger partial charge in [0.2, 0.25) is 0 Å². The predicted molar refractivity (Wildman–Crippen MR) is 86.0 cm³/mol. The van der Waals surface area contributed by atoms with Crippen LogP contribution in [0, 0.1) is 6.92 Å². The minimum atomic E-state index is -0.358. The molecule has 0 bridgehead atoms. The average molecular weight is 313 g/mol. The Morgan fingerprint density at radius 1 is 1.05 bits per heavy atom. The highest BCUT2D eigenvalue weighted by Gasteiger charge is 2.20. The number of ketones is 1. The molecule has 0 saturated carbocycles. The molecule has 2 aromatic carbocycles. The minimum Gasteiger partial charge on any atom is -0.295 e. The van der Waals surface area contributed by atoms with Crippen LogP contribution in [0.25, 0.3) is 5.69 Å². The molecular weight excluding hydrogens is 300 g/mol. The van der Waals surface area contributed by atoms with Gasteiger partial charge < -0.3 is 0 Å². The van der Waals surface area contributed by atoms with Gasteiger partial charge in [-0.05, 0) is 43.3 Å². The minimum absolute atomic E-state index is 0.145. The topological polar surface area (TPSA) is 54.9 Å². The van der Waals surface area contributed by atoms with Crippen molar-refractivity contribution in [2.75, 3.05) is 0 Å². The molecule has 0 aliphatic heterocycles. The average Bonchev–Trinajstić information content (AvgIpc) is 2.83. The zero-order chi connectivity index (χ0) is 15.7. The number of hydrogen-bond acceptors (Lipinski definition) is 2. The normalized spacial score (nSPS) is 10.6. The lowest BCUT2D eigenvalue weighted by atomic mass is 10.0. The maximum atomic E-state index is 12.6. The van der Waals surface area contributed by atoms with Crippen molar-refractivity contribution in [2.24, 2.45) is 0 Å². The molecule has 0 unspecified atom stereocenters. The van der Waals surface area contributed by atoms with Crippen LogP contribution in [0.15, 0.2) is 59.4 Å². The molecule has 0 amide bonds. The lowest BCUT2D eigenvalue weighted by molar-refractivity contribution is 0.103. The first-order valence-corrected chi connectivity index (χ1v) is 7.13. The first-order valence-electron chi connectivity index (χ1n) is 6.75. The summed E-state index contributed by atoms with van der Waals surface area (Å²) >= 11 is 5.83. The second-order valence-electron chi connectivity index (χ2n) is 4.92. The Labute approximate surface area is 132 Å². The molecule has 22 heavy (non-hydrogen) atoms. The summed E-state index contributed by atoms with van der Waals surface area (Å²) in [6.45, 7) is 1.71. The van der Waals surface area contributed by atoms with Crippen LogP contribution in [0.1, 0.15) is 21.6 Å². The van der Waals surface area contributed by atoms with Crippen LogP contribution >= 0.6 is 11.6 Å². The molecule has 5 heteroatoms. The Kier molecular flexibility index (Phi) is 3.69. The number of H-pyrrole nitrogens is 1. The van der Waals surface area contributed by atoms with E-state index in [-0.39, 0.29) is 16.9 Å². The number of carbonyl (C=O) groups excluding carboxylic acids is 1. The van der Waals surface area contributed by atoms with E-state index in [1.807, 2.05) is 18.2 Å². The third-order valence-corrected chi connectivity index (χ3v) is 3.67. The van der Waals surface area contributed by atoms with E-state index in [1.165, 1.54) is 4.68 Å². The lowest BCUT2D eigenvalue weighted by Gasteiger charge is -2.00. The molecule has 4 nitrogen and oxygen atoms in total. The number of halogens is 1. The first kappa shape index (κ1) is 14.4. The van der Waals surface area contributed by atoms with E-state index >= 15 is 0 Å². The molecule has 1 heterocycles. The van der Waals surface area contributed by atoms with Crippen molar-refractivity contribution < 1.29 is 4.79 Å². The highest BCUT2D eigenvalue weighted by molar-refractivity contribution is 6.30. The lowest BCUT2D eigenvalue weighted by Crippen LogP contribution is -2.20. The Morgan fingerprint density at radius 3 is 2.32 bits per heavy atom. The van der Waals surface area contributed by atoms with E-state index in [9.17, 15) is 9.59 Å². The molecule has 0 radical (unpaired) electrons. The molecule has 0 fully saturated rings. The summed E-state index contributed by atoms with van der Waals surface area (Å²) in [6, 6.07) is 15.6. The molecule has 0 spiro atoms. The number of nitrogens with one attached hydrogen (secondary N) is 1. The Morgan fingerprint density at radius 2 is 1.68 bits per heavy atom. The molecule has 0 atom stereocenters. The second kappa shape index (κ2) is 5.66.